The Hall–Kier alpha value is -3.22. The van der Waals surface area contributed by atoms with Crippen molar-refractivity contribution in [3.05, 3.63) is 53.6 Å². The normalized spacial score (nSPS) is 18.5. The smallest absolute Gasteiger partial charge is 0.305 e. The van der Waals surface area contributed by atoms with Crippen LogP contribution < -0.4 is 14.8 Å². The largest absolute Gasteiger partial charge is 0.497 e. The minimum atomic E-state index is -0.914. The van der Waals surface area contributed by atoms with Crippen LogP contribution in [0.25, 0.3) is 0 Å². The molecular weight excluding hydrogens is 432 g/mol. The molecule has 0 radical (unpaired) electrons. The molecule has 1 saturated carbocycles. The van der Waals surface area contributed by atoms with Crippen molar-refractivity contribution in [3.8, 4) is 11.5 Å². The molecule has 0 saturated heterocycles. The molecule has 1 amide bonds. The zero-order chi connectivity index (χ0) is 24.1. The van der Waals surface area contributed by atoms with Crippen molar-refractivity contribution in [1.82, 2.24) is 4.90 Å². The Balaban J connectivity index is 1.46. The van der Waals surface area contributed by atoms with Gasteiger partial charge < -0.3 is 24.8 Å². The summed E-state index contributed by atoms with van der Waals surface area (Å²) in [7, 11) is 3.29. The van der Waals surface area contributed by atoms with Crippen LogP contribution in [-0.2, 0) is 11.2 Å². The van der Waals surface area contributed by atoms with Crippen molar-refractivity contribution in [1.29, 1.82) is 0 Å². The lowest BCUT2D eigenvalue weighted by atomic mass is 9.81. The number of carboxylic acid groups (broad SMARTS) is 1. The molecule has 2 aliphatic rings. The summed E-state index contributed by atoms with van der Waals surface area (Å²) >= 11 is 0. The van der Waals surface area contributed by atoms with E-state index in [9.17, 15) is 9.59 Å². The van der Waals surface area contributed by atoms with E-state index in [1.54, 1.807) is 26.3 Å². The number of nitrogens with one attached hydrogen (secondary N) is 1. The number of hydrogen-bond acceptors (Lipinski definition) is 5. The lowest BCUT2D eigenvalue weighted by Gasteiger charge is -2.35. The number of aliphatic carboxylic acids is 1. The Morgan fingerprint density at radius 2 is 1.88 bits per heavy atom. The maximum atomic E-state index is 12.6. The predicted octanol–water partition coefficient (Wildman–Crippen LogP) is 4.61. The fourth-order valence-corrected chi connectivity index (χ4v) is 5.06. The Morgan fingerprint density at radius 1 is 1.15 bits per heavy atom. The SMILES string of the molecule is COc1ccc2c(c1)OC(C(Nc1ccc(C(=O)N(C)CCC(=O)O)cc1)C1CCCCC1)C2. The molecule has 1 aliphatic heterocycles. The summed E-state index contributed by atoms with van der Waals surface area (Å²) in [6.07, 6.45) is 6.97. The fourth-order valence-electron chi connectivity index (χ4n) is 5.06. The van der Waals surface area contributed by atoms with Gasteiger partial charge in [-0.1, -0.05) is 25.3 Å². The number of methoxy groups -OCH3 is 1. The van der Waals surface area contributed by atoms with Gasteiger partial charge in [0.2, 0.25) is 0 Å². The average molecular weight is 467 g/mol. The van der Waals surface area contributed by atoms with Gasteiger partial charge in [-0.15, -0.1) is 0 Å². The van der Waals surface area contributed by atoms with Gasteiger partial charge >= 0.3 is 5.97 Å². The number of fused-ring (bicyclic) bond motifs is 1. The van der Waals surface area contributed by atoms with Crippen LogP contribution in [0.2, 0.25) is 0 Å². The summed E-state index contributed by atoms with van der Waals surface area (Å²) in [5, 5.41) is 12.6. The van der Waals surface area contributed by atoms with Crippen LogP contribution in [-0.4, -0.2) is 54.7 Å². The fraction of sp³-hybridized carbons (Fsp3) is 0.481. The molecule has 0 spiro atoms. The molecule has 2 aromatic rings. The topological polar surface area (TPSA) is 88.1 Å². The van der Waals surface area contributed by atoms with Gasteiger partial charge in [0.15, 0.2) is 0 Å². The number of carbonyl (C=O) groups is 2. The highest BCUT2D eigenvalue weighted by atomic mass is 16.5. The number of benzene rings is 2. The molecule has 7 nitrogen and oxygen atoms in total. The maximum absolute atomic E-state index is 12.6. The summed E-state index contributed by atoms with van der Waals surface area (Å²) in [4.78, 5) is 24.8. The number of rotatable bonds is 9. The van der Waals surface area contributed by atoms with Crippen molar-refractivity contribution < 1.29 is 24.2 Å². The number of nitrogens with zero attached hydrogens (tertiary/aromatic N) is 1. The van der Waals surface area contributed by atoms with Crippen LogP contribution in [0.5, 0.6) is 11.5 Å². The van der Waals surface area contributed by atoms with Crippen molar-refractivity contribution >= 4 is 17.6 Å². The third-order valence-corrected chi connectivity index (χ3v) is 7.00. The first-order chi connectivity index (χ1) is 16.4. The number of carboxylic acids is 1. The van der Waals surface area contributed by atoms with Gasteiger partial charge in [-0.3, -0.25) is 9.59 Å². The highest BCUT2D eigenvalue weighted by Crippen LogP contribution is 2.38. The van der Waals surface area contributed by atoms with Gasteiger partial charge in [-0.25, -0.2) is 0 Å². The summed E-state index contributed by atoms with van der Waals surface area (Å²) in [5.41, 5.74) is 2.71. The minimum absolute atomic E-state index is 0.0358. The van der Waals surface area contributed by atoms with Gasteiger partial charge in [-0.2, -0.15) is 0 Å². The molecule has 2 atom stereocenters. The lowest BCUT2D eigenvalue weighted by Crippen LogP contribution is -2.43. The molecule has 1 heterocycles. The molecule has 182 valence electrons. The molecule has 2 unspecified atom stereocenters. The Kier molecular flexibility index (Phi) is 7.60. The molecule has 0 aromatic heterocycles. The van der Waals surface area contributed by atoms with E-state index in [-0.39, 0.29) is 31.0 Å². The van der Waals surface area contributed by atoms with E-state index < -0.39 is 5.97 Å². The van der Waals surface area contributed by atoms with E-state index >= 15 is 0 Å². The number of anilines is 1. The molecule has 1 aliphatic carbocycles. The zero-order valence-electron chi connectivity index (χ0n) is 20.0. The zero-order valence-corrected chi connectivity index (χ0v) is 20.0. The van der Waals surface area contributed by atoms with Crippen LogP contribution in [0.4, 0.5) is 5.69 Å². The Bertz CT molecular complexity index is 1000. The van der Waals surface area contributed by atoms with Crippen LogP contribution in [0, 0.1) is 5.92 Å². The number of carbonyl (C=O) groups excluding carboxylic acids is 1. The molecule has 2 aromatic carbocycles. The number of hydrogen-bond donors (Lipinski definition) is 2. The second-order valence-corrected chi connectivity index (χ2v) is 9.35. The molecule has 0 bridgehead atoms. The third-order valence-electron chi connectivity index (χ3n) is 7.00. The van der Waals surface area contributed by atoms with Crippen molar-refractivity contribution in [2.45, 2.75) is 57.1 Å². The summed E-state index contributed by atoms with van der Waals surface area (Å²) in [5.74, 6) is 1.13. The second kappa shape index (κ2) is 10.8. The minimum Gasteiger partial charge on any atom is -0.497 e. The number of ether oxygens (including phenoxy) is 2. The first kappa shape index (κ1) is 23.9. The average Bonchev–Trinajstić information content (AvgIpc) is 3.29. The summed E-state index contributed by atoms with van der Waals surface area (Å²) < 4.78 is 11.8. The Labute approximate surface area is 201 Å². The van der Waals surface area contributed by atoms with Crippen molar-refractivity contribution in [2.75, 3.05) is 26.0 Å². The maximum Gasteiger partial charge on any atom is 0.305 e. The molecule has 7 heteroatoms. The van der Waals surface area contributed by atoms with E-state index in [4.69, 9.17) is 14.6 Å². The van der Waals surface area contributed by atoms with E-state index in [0.29, 0.717) is 11.5 Å². The number of amides is 1. The summed E-state index contributed by atoms with van der Waals surface area (Å²) in [6.45, 7) is 0.183. The highest BCUT2D eigenvalue weighted by molar-refractivity contribution is 5.94. The van der Waals surface area contributed by atoms with Gasteiger partial charge in [0.1, 0.15) is 17.6 Å². The Morgan fingerprint density at radius 3 is 2.56 bits per heavy atom. The van der Waals surface area contributed by atoms with Gasteiger partial charge in [-0.05, 0) is 54.7 Å². The molecule has 2 N–H and O–H groups in total. The highest BCUT2D eigenvalue weighted by Gasteiger charge is 2.36. The third kappa shape index (κ3) is 5.64. The van der Waals surface area contributed by atoms with Crippen LogP contribution in [0.15, 0.2) is 42.5 Å². The standard InChI is InChI=1S/C27H34N2O5/c1-29(15-14-25(30)31)27(32)19-8-11-21(12-9-19)28-26(18-6-4-3-5-7-18)24-16-20-10-13-22(33-2)17-23(20)34-24/h8-13,17-18,24,26,28H,3-7,14-16H2,1-2H3,(H,30,31). The van der Waals surface area contributed by atoms with Crippen LogP contribution in [0.1, 0.15) is 54.4 Å². The summed E-state index contributed by atoms with van der Waals surface area (Å²) in [6, 6.07) is 13.7. The molecule has 34 heavy (non-hydrogen) atoms. The van der Waals surface area contributed by atoms with E-state index in [1.807, 2.05) is 24.3 Å². The van der Waals surface area contributed by atoms with E-state index in [2.05, 4.69) is 11.4 Å². The van der Waals surface area contributed by atoms with Gasteiger partial charge in [0.25, 0.3) is 5.91 Å². The predicted molar refractivity (Wildman–Crippen MR) is 131 cm³/mol. The van der Waals surface area contributed by atoms with Crippen LogP contribution in [0.3, 0.4) is 0 Å². The van der Waals surface area contributed by atoms with E-state index in [0.717, 1.165) is 23.6 Å². The van der Waals surface area contributed by atoms with Crippen molar-refractivity contribution in [3.63, 3.8) is 0 Å². The molecular formula is C27H34N2O5. The second-order valence-electron chi connectivity index (χ2n) is 9.35. The van der Waals surface area contributed by atoms with Crippen LogP contribution >= 0.6 is 0 Å². The molecule has 1 fully saturated rings. The quantitative estimate of drug-likeness (QED) is 0.561. The molecule has 4 rings (SSSR count). The van der Waals surface area contributed by atoms with Crippen molar-refractivity contribution in [2.24, 2.45) is 5.92 Å². The van der Waals surface area contributed by atoms with E-state index in [1.165, 1.54) is 42.6 Å². The van der Waals surface area contributed by atoms with Gasteiger partial charge in [0, 0.05) is 37.3 Å². The van der Waals surface area contributed by atoms with Gasteiger partial charge in [0.05, 0.1) is 19.6 Å². The monoisotopic (exact) mass is 466 g/mol. The lowest BCUT2D eigenvalue weighted by molar-refractivity contribution is -0.137. The first-order valence-electron chi connectivity index (χ1n) is 12.1. The first-order valence-corrected chi connectivity index (χ1v) is 12.1.